The van der Waals surface area contributed by atoms with Crippen molar-refractivity contribution in [2.75, 3.05) is 6.54 Å². The van der Waals surface area contributed by atoms with Gasteiger partial charge in [-0.05, 0) is 32.1 Å². The summed E-state index contributed by atoms with van der Waals surface area (Å²) < 4.78 is 0. The molecular weight excluding hydrogens is 202 g/mol. The molecule has 3 heteroatoms. The number of ketones is 1. The molecule has 1 aliphatic carbocycles. The minimum atomic E-state index is 0.104. The molecule has 3 nitrogen and oxygen atoms in total. The Morgan fingerprint density at radius 3 is 2.44 bits per heavy atom. The van der Waals surface area contributed by atoms with Crippen molar-refractivity contribution in [3.05, 3.63) is 0 Å². The molecule has 1 amide bonds. The van der Waals surface area contributed by atoms with Gasteiger partial charge in [-0.15, -0.1) is 0 Å². The lowest BCUT2D eigenvalue weighted by molar-refractivity contribution is -0.121. The van der Waals surface area contributed by atoms with Crippen LogP contribution in [0.5, 0.6) is 0 Å². The molecule has 0 saturated heterocycles. The second kappa shape index (κ2) is 7.42. The van der Waals surface area contributed by atoms with Gasteiger partial charge in [0.25, 0.3) is 0 Å². The normalized spacial score (nSPS) is 17.1. The van der Waals surface area contributed by atoms with Gasteiger partial charge in [0.15, 0.2) is 0 Å². The Balaban J connectivity index is 2.02. The van der Waals surface area contributed by atoms with E-state index in [2.05, 4.69) is 5.32 Å². The van der Waals surface area contributed by atoms with Crippen LogP contribution in [-0.4, -0.2) is 18.2 Å². The van der Waals surface area contributed by atoms with E-state index in [1.165, 1.54) is 32.1 Å². The highest BCUT2D eigenvalue weighted by molar-refractivity contribution is 5.78. The van der Waals surface area contributed by atoms with Crippen LogP contribution in [0, 0.1) is 5.92 Å². The van der Waals surface area contributed by atoms with Crippen LogP contribution in [0.3, 0.4) is 0 Å². The van der Waals surface area contributed by atoms with Gasteiger partial charge in [0.1, 0.15) is 5.78 Å². The Morgan fingerprint density at radius 1 is 1.12 bits per heavy atom. The average Bonchev–Trinajstić information content (AvgIpc) is 2.27. The van der Waals surface area contributed by atoms with Crippen molar-refractivity contribution >= 4 is 11.7 Å². The standard InChI is InChI=1S/C13H23NO2/c1-11(15)6-5-9-13(16)14-10-12-7-3-2-4-8-12/h12H,2-10H2,1H3,(H,14,16). The minimum absolute atomic E-state index is 0.104. The smallest absolute Gasteiger partial charge is 0.220 e. The van der Waals surface area contributed by atoms with Crippen molar-refractivity contribution in [3.8, 4) is 0 Å². The molecule has 1 saturated carbocycles. The monoisotopic (exact) mass is 225 g/mol. The summed E-state index contributed by atoms with van der Waals surface area (Å²) in [5, 5.41) is 2.98. The summed E-state index contributed by atoms with van der Waals surface area (Å²) in [6.45, 7) is 2.40. The summed E-state index contributed by atoms with van der Waals surface area (Å²) in [7, 11) is 0. The van der Waals surface area contributed by atoms with Gasteiger partial charge in [-0.1, -0.05) is 19.3 Å². The highest BCUT2D eigenvalue weighted by Gasteiger charge is 2.13. The van der Waals surface area contributed by atoms with E-state index in [0.29, 0.717) is 25.2 Å². The zero-order valence-corrected chi connectivity index (χ0v) is 10.3. The van der Waals surface area contributed by atoms with E-state index in [4.69, 9.17) is 0 Å². The second-order valence-electron chi connectivity index (χ2n) is 4.86. The molecule has 1 N–H and O–H groups in total. The van der Waals surface area contributed by atoms with Crippen molar-refractivity contribution in [3.63, 3.8) is 0 Å². The molecule has 0 heterocycles. The fourth-order valence-electron chi connectivity index (χ4n) is 2.24. The van der Waals surface area contributed by atoms with Gasteiger partial charge in [0.05, 0.1) is 0 Å². The number of amides is 1. The van der Waals surface area contributed by atoms with E-state index in [1.807, 2.05) is 0 Å². The summed E-state index contributed by atoms with van der Waals surface area (Å²) in [5.41, 5.74) is 0. The summed E-state index contributed by atoms with van der Waals surface area (Å²) >= 11 is 0. The predicted octanol–water partition coefficient (Wildman–Crippen LogP) is 2.44. The zero-order valence-electron chi connectivity index (χ0n) is 10.3. The average molecular weight is 225 g/mol. The first kappa shape index (κ1) is 13.2. The van der Waals surface area contributed by atoms with Crippen LogP contribution in [0.1, 0.15) is 58.3 Å². The number of Topliss-reactive ketones (excluding diaryl/α,β-unsaturated/α-hetero) is 1. The fourth-order valence-corrected chi connectivity index (χ4v) is 2.24. The van der Waals surface area contributed by atoms with Crippen LogP contribution < -0.4 is 5.32 Å². The zero-order chi connectivity index (χ0) is 11.8. The summed E-state index contributed by atoms with van der Waals surface area (Å²) in [5.74, 6) is 0.956. The topological polar surface area (TPSA) is 46.2 Å². The van der Waals surface area contributed by atoms with E-state index in [1.54, 1.807) is 6.92 Å². The van der Waals surface area contributed by atoms with Crippen LogP contribution >= 0.6 is 0 Å². The first-order valence-electron chi connectivity index (χ1n) is 6.44. The lowest BCUT2D eigenvalue weighted by Crippen LogP contribution is -2.30. The third kappa shape index (κ3) is 5.89. The maximum absolute atomic E-state index is 11.4. The number of carbonyl (C=O) groups excluding carboxylic acids is 2. The molecule has 0 radical (unpaired) electrons. The highest BCUT2D eigenvalue weighted by atomic mass is 16.1. The number of hydrogen-bond donors (Lipinski definition) is 1. The lowest BCUT2D eigenvalue weighted by atomic mass is 9.89. The molecule has 0 bridgehead atoms. The van der Waals surface area contributed by atoms with Crippen molar-refractivity contribution in [2.24, 2.45) is 5.92 Å². The van der Waals surface area contributed by atoms with Crippen molar-refractivity contribution in [1.82, 2.24) is 5.32 Å². The molecule has 0 atom stereocenters. The molecule has 0 unspecified atom stereocenters. The Morgan fingerprint density at radius 2 is 1.81 bits per heavy atom. The van der Waals surface area contributed by atoms with Gasteiger partial charge < -0.3 is 10.1 Å². The predicted molar refractivity (Wildman–Crippen MR) is 64.1 cm³/mol. The maximum atomic E-state index is 11.4. The first-order chi connectivity index (χ1) is 7.68. The lowest BCUT2D eigenvalue weighted by Gasteiger charge is -2.21. The summed E-state index contributed by atoms with van der Waals surface area (Å²) in [4.78, 5) is 22.1. The third-order valence-electron chi connectivity index (χ3n) is 3.25. The van der Waals surface area contributed by atoms with E-state index in [0.717, 1.165) is 6.54 Å². The largest absolute Gasteiger partial charge is 0.356 e. The number of nitrogens with one attached hydrogen (secondary N) is 1. The van der Waals surface area contributed by atoms with Crippen LogP contribution in [-0.2, 0) is 9.59 Å². The molecular formula is C13H23NO2. The molecule has 0 aromatic heterocycles. The highest BCUT2D eigenvalue weighted by Crippen LogP contribution is 2.22. The van der Waals surface area contributed by atoms with Gasteiger partial charge in [-0.3, -0.25) is 4.79 Å². The molecule has 0 aromatic rings. The van der Waals surface area contributed by atoms with Crippen LogP contribution in [0.25, 0.3) is 0 Å². The van der Waals surface area contributed by atoms with Gasteiger partial charge >= 0.3 is 0 Å². The Hall–Kier alpha value is -0.860. The number of hydrogen-bond acceptors (Lipinski definition) is 2. The molecule has 16 heavy (non-hydrogen) atoms. The van der Waals surface area contributed by atoms with E-state index >= 15 is 0 Å². The van der Waals surface area contributed by atoms with Crippen LogP contribution in [0.15, 0.2) is 0 Å². The molecule has 0 aliphatic heterocycles. The summed E-state index contributed by atoms with van der Waals surface area (Å²) in [6, 6.07) is 0. The van der Waals surface area contributed by atoms with Crippen molar-refractivity contribution in [2.45, 2.75) is 58.3 Å². The maximum Gasteiger partial charge on any atom is 0.220 e. The fraction of sp³-hybridized carbons (Fsp3) is 0.846. The molecule has 1 rings (SSSR count). The van der Waals surface area contributed by atoms with Gasteiger partial charge in [-0.25, -0.2) is 0 Å². The van der Waals surface area contributed by atoms with Crippen LogP contribution in [0.2, 0.25) is 0 Å². The molecule has 0 spiro atoms. The van der Waals surface area contributed by atoms with E-state index < -0.39 is 0 Å². The summed E-state index contributed by atoms with van der Waals surface area (Å²) in [6.07, 6.45) is 8.19. The van der Waals surface area contributed by atoms with Gasteiger partial charge in [0.2, 0.25) is 5.91 Å². The van der Waals surface area contributed by atoms with Gasteiger partial charge in [0, 0.05) is 19.4 Å². The minimum Gasteiger partial charge on any atom is -0.356 e. The molecule has 1 fully saturated rings. The Kier molecular flexibility index (Phi) is 6.12. The number of carbonyl (C=O) groups is 2. The Labute approximate surface area is 98.0 Å². The van der Waals surface area contributed by atoms with Crippen molar-refractivity contribution in [1.29, 1.82) is 0 Å². The Bertz CT molecular complexity index is 232. The molecule has 0 aromatic carbocycles. The van der Waals surface area contributed by atoms with Crippen LogP contribution in [0.4, 0.5) is 0 Å². The van der Waals surface area contributed by atoms with Gasteiger partial charge in [-0.2, -0.15) is 0 Å². The van der Waals surface area contributed by atoms with Crippen molar-refractivity contribution < 1.29 is 9.59 Å². The number of rotatable bonds is 6. The third-order valence-corrected chi connectivity index (χ3v) is 3.25. The first-order valence-corrected chi connectivity index (χ1v) is 6.44. The molecule has 92 valence electrons. The van der Waals surface area contributed by atoms with E-state index in [-0.39, 0.29) is 11.7 Å². The second-order valence-corrected chi connectivity index (χ2v) is 4.86. The quantitative estimate of drug-likeness (QED) is 0.754. The molecule has 1 aliphatic rings. The van der Waals surface area contributed by atoms with E-state index in [9.17, 15) is 9.59 Å². The SMILES string of the molecule is CC(=O)CCCC(=O)NCC1CCCCC1.